The zero-order chi connectivity index (χ0) is 12.3. The molecule has 5 heteroatoms. The molecule has 4 nitrogen and oxygen atoms in total. The van der Waals surface area contributed by atoms with Crippen LogP contribution in [0.3, 0.4) is 0 Å². The molecule has 17 heavy (non-hydrogen) atoms. The Morgan fingerprint density at radius 1 is 1.41 bits per heavy atom. The molecule has 0 aromatic heterocycles. The Morgan fingerprint density at radius 2 is 2.12 bits per heavy atom. The number of esters is 1. The maximum Gasteiger partial charge on any atom is 0.316 e. The Bertz CT molecular complexity index is 348. The molecule has 0 aromatic carbocycles. The molecule has 1 fully saturated rings. The van der Waals surface area contributed by atoms with Crippen LogP contribution in [0.5, 0.6) is 0 Å². The first kappa shape index (κ1) is 12.5. The minimum absolute atomic E-state index is 0.109. The van der Waals surface area contributed by atoms with Crippen LogP contribution in [0.25, 0.3) is 0 Å². The van der Waals surface area contributed by atoms with Crippen molar-refractivity contribution in [2.24, 2.45) is 10.9 Å². The van der Waals surface area contributed by atoms with Crippen molar-refractivity contribution in [2.45, 2.75) is 45.1 Å². The van der Waals surface area contributed by atoms with Gasteiger partial charge in [0.15, 0.2) is 5.11 Å². The van der Waals surface area contributed by atoms with Gasteiger partial charge in [-0.3, -0.25) is 4.79 Å². The van der Waals surface area contributed by atoms with Crippen molar-refractivity contribution < 1.29 is 9.53 Å². The Morgan fingerprint density at radius 3 is 2.76 bits per heavy atom. The van der Waals surface area contributed by atoms with Gasteiger partial charge in [-0.25, -0.2) is 4.99 Å². The second-order valence-corrected chi connectivity index (χ2v) is 5.08. The van der Waals surface area contributed by atoms with Gasteiger partial charge < -0.3 is 10.1 Å². The standard InChI is InChI=1S/C12H18N2O2S/c1-8-10(7-13-12(17)14-8)11(15)16-9-5-3-2-4-6-9/h9-10H,2-7H2,1H3,(H,13,17). The highest BCUT2D eigenvalue weighted by Crippen LogP contribution is 2.21. The molecule has 0 radical (unpaired) electrons. The van der Waals surface area contributed by atoms with Crippen molar-refractivity contribution in [2.75, 3.05) is 6.54 Å². The van der Waals surface area contributed by atoms with Gasteiger partial charge in [0.1, 0.15) is 12.0 Å². The number of nitrogens with zero attached hydrogens (tertiary/aromatic N) is 1. The SMILES string of the molecule is CC1=NC(=S)NCC1C(=O)OC1CCCCC1. The van der Waals surface area contributed by atoms with Crippen LogP contribution in [0.2, 0.25) is 0 Å². The van der Waals surface area contributed by atoms with E-state index in [0.717, 1.165) is 31.4 Å². The van der Waals surface area contributed by atoms with Gasteiger partial charge in [0, 0.05) is 12.3 Å². The van der Waals surface area contributed by atoms with E-state index in [4.69, 9.17) is 17.0 Å². The number of rotatable bonds is 2. The van der Waals surface area contributed by atoms with Crippen LogP contribution in [0.15, 0.2) is 4.99 Å². The van der Waals surface area contributed by atoms with E-state index in [1.807, 2.05) is 6.92 Å². The molecular formula is C12H18N2O2S. The van der Waals surface area contributed by atoms with Gasteiger partial charge in [-0.1, -0.05) is 6.42 Å². The van der Waals surface area contributed by atoms with E-state index < -0.39 is 0 Å². The van der Waals surface area contributed by atoms with Crippen molar-refractivity contribution in [3.05, 3.63) is 0 Å². The lowest BCUT2D eigenvalue weighted by atomic mass is 9.97. The summed E-state index contributed by atoms with van der Waals surface area (Å²) in [6, 6.07) is 0. The largest absolute Gasteiger partial charge is 0.462 e. The molecular weight excluding hydrogens is 236 g/mol. The number of carbonyl (C=O) groups excluding carboxylic acids is 1. The topological polar surface area (TPSA) is 50.7 Å². The molecule has 0 saturated heterocycles. The van der Waals surface area contributed by atoms with Gasteiger partial charge in [0.05, 0.1) is 0 Å². The fraction of sp³-hybridized carbons (Fsp3) is 0.750. The summed E-state index contributed by atoms with van der Waals surface area (Å²) in [5, 5.41) is 3.39. The Labute approximate surface area is 107 Å². The second kappa shape index (κ2) is 5.58. The molecule has 2 rings (SSSR count). The minimum Gasteiger partial charge on any atom is -0.462 e. The van der Waals surface area contributed by atoms with Gasteiger partial charge in [0.2, 0.25) is 0 Å². The summed E-state index contributed by atoms with van der Waals surface area (Å²) in [6.45, 7) is 2.35. The summed E-state index contributed by atoms with van der Waals surface area (Å²) in [5.74, 6) is -0.434. The minimum atomic E-state index is -0.274. The third-order valence-electron chi connectivity index (χ3n) is 3.36. The Balaban J connectivity index is 1.91. The van der Waals surface area contributed by atoms with Gasteiger partial charge in [-0.2, -0.15) is 0 Å². The number of aliphatic imine (C=N–C) groups is 1. The molecule has 1 N–H and O–H groups in total. The highest BCUT2D eigenvalue weighted by atomic mass is 32.1. The molecule has 1 aliphatic heterocycles. The van der Waals surface area contributed by atoms with E-state index in [-0.39, 0.29) is 18.0 Å². The van der Waals surface area contributed by atoms with Crippen LogP contribution in [0.1, 0.15) is 39.0 Å². The first-order valence-corrected chi connectivity index (χ1v) is 6.61. The predicted octanol–water partition coefficient (Wildman–Crippen LogP) is 1.83. The van der Waals surface area contributed by atoms with Gasteiger partial charge in [0.25, 0.3) is 0 Å². The molecule has 0 aromatic rings. The highest BCUT2D eigenvalue weighted by molar-refractivity contribution is 7.80. The molecule has 2 aliphatic rings. The monoisotopic (exact) mass is 254 g/mol. The second-order valence-electron chi connectivity index (χ2n) is 4.69. The van der Waals surface area contributed by atoms with E-state index in [2.05, 4.69) is 10.3 Å². The van der Waals surface area contributed by atoms with E-state index >= 15 is 0 Å². The quantitative estimate of drug-likeness (QED) is 0.603. The lowest BCUT2D eigenvalue weighted by molar-refractivity contribution is -0.152. The van der Waals surface area contributed by atoms with Crippen molar-refractivity contribution in [1.29, 1.82) is 0 Å². The molecule has 0 amide bonds. The lowest BCUT2D eigenvalue weighted by Crippen LogP contribution is -2.42. The summed E-state index contributed by atoms with van der Waals surface area (Å²) in [5.41, 5.74) is 0.759. The van der Waals surface area contributed by atoms with Crippen molar-refractivity contribution in [3.63, 3.8) is 0 Å². The first-order chi connectivity index (χ1) is 8.16. The van der Waals surface area contributed by atoms with E-state index in [1.165, 1.54) is 6.42 Å². The summed E-state index contributed by atoms with van der Waals surface area (Å²) in [4.78, 5) is 16.1. The van der Waals surface area contributed by atoms with Crippen LogP contribution in [-0.4, -0.2) is 29.4 Å². The number of ether oxygens (including phenoxy) is 1. The van der Waals surface area contributed by atoms with Gasteiger partial charge in [-0.15, -0.1) is 0 Å². The zero-order valence-corrected chi connectivity index (χ0v) is 10.9. The van der Waals surface area contributed by atoms with Gasteiger partial charge in [-0.05, 0) is 44.8 Å². The summed E-state index contributed by atoms with van der Waals surface area (Å²) >= 11 is 4.93. The highest BCUT2D eigenvalue weighted by Gasteiger charge is 2.29. The van der Waals surface area contributed by atoms with E-state index in [0.29, 0.717) is 11.7 Å². The van der Waals surface area contributed by atoms with Crippen molar-refractivity contribution in [1.82, 2.24) is 5.32 Å². The molecule has 1 atom stereocenters. The first-order valence-electron chi connectivity index (χ1n) is 6.20. The number of carbonyl (C=O) groups is 1. The number of hydrogen-bond acceptors (Lipinski definition) is 3. The van der Waals surface area contributed by atoms with Crippen LogP contribution in [0, 0.1) is 5.92 Å². The molecule has 94 valence electrons. The molecule has 1 saturated carbocycles. The molecule has 1 aliphatic carbocycles. The van der Waals surface area contributed by atoms with Crippen molar-refractivity contribution in [3.8, 4) is 0 Å². The van der Waals surface area contributed by atoms with E-state index in [1.54, 1.807) is 0 Å². The molecule has 0 bridgehead atoms. The third-order valence-corrected chi connectivity index (χ3v) is 3.59. The van der Waals surface area contributed by atoms with Crippen molar-refractivity contribution >= 4 is 29.0 Å². The van der Waals surface area contributed by atoms with Crippen LogP contribution in [0.4, 0.5) is 0 Å². The van der Waals surface area contributed by atoms with Crippen LogP contribution < -0.4 is 5.32 Å². The number of nitrogens with one attached hydrogen (secondary N) is 1. The third kappa shape index (κ3) is 3.25. The molecule has 1 heterocycles. The smallest absolute Gasteiger partial charge is 0.316 e. The number of thiocarbonyl (C=S) groups is 1. The maximum absolute atomic E-state index is 12.0. The van der Waals surface area contributed by atoms with Crippen LogP contribution in [-0.2, 0) is 9.53 Å². The summed E-state index contributed by atoms with van der Waals surface area (Å²) < 4.78 is 5.53. The Kier molecular flexibility index (Phi) is 4.10. The fourth-order valence-corrected chi connectivity index (χ4v) is 2.53. The summed E-state index contributed by atoms with van der Waals surface area (Å²) in [6.07, 6.45) is 5.70. The van der Waals surface area contributed by atoms with E-state index in [9.17, 15) is 4.79 Å². The predicted molar refractivity (Wildman–Crippen MR) is 70.2 cm³/mol. The van der Waals surface area contributed by atoms with Gasteiger partial charge >= 0.3 is 5.97 Å². The molecule has 0 spiro atoms. The van der Waals surface area contributed by atoms with Crippen LogP contribution >= 0.6 is 12.2 Å². The molecule has 1 unspecified atom stereocenters. The average molecular weight is 254 g/mol. The normalized spacial score (nSPS) is 26.1. The maximum atomic E-state index is 12.0. The fourth-order valence-electron chi connectivity index (χ4n) is 2.30. The average Bonchev–Trinajstić information content (AvgIpc) is 2.30. The Hall–Kier alpha value is -0.970. The summed E-state index contributed by atoms with van der Waals surface area (Å²) in [7, 11) is 0. The number of hydrogen-bond donors (Lipinski definition) is 1. The lowest BCUT2D eigenvalue weighted by Gasteiger charge is -2.26. The zero-order valence-electron chi connectivity index (χ0n) is 10.1.